The van der Waals surface area contributed by atoms with E-state index in [1.54, 1.807) is 26.0 Å². The number of halogens is 2. The van der Waals surface area contributed by atoms with Gasteiger partial charge in [0.05, 0.1) is 21.2 Å². The number of rotatable bonds is 8. The van der Waals surface area contributed by atoms with Crippen LogP contribution < -0.4 is 14.8 Å². The van der Waals surface area contributed by atoms with Gasteiger partial charge in [0.25, 0.3) is 26.0 Å². The van der Waals surface area contributed by atoms with Crippen molar-refractivity contribution in [1.29, 1.82) is 0 Å². The highest BCUT2D eigenvalue weighted by Crippen LogP contribution is 2.26. The summed E-state index contributed by atoms with van der Waals surface area (Å²) in [6.45, 7) is 5.30. The molecule has 0 aliphatic heterocycles. The maximum absolute atomic E-state index is 13.2. The van der Waals surface area contributed by atoms with Gasteiger partial charge < -0.3 is 5.32 Å². The van der Waals surface area contributed by atoms with E-state index in [9.17, 15) is 21.6 Å². The normalized spacial score (nSPS) is 11.6. The van der Waals surface area contributed by atoms with Crippen molar-refractivity contribution in [2.24, 2.45) is 0 Å². The molecule has 0 spiro atoms. The molecule has 4 aromatic carbocycles. The third kappa shape index (κ3) is 6.95. The van der Waals surface area contributed by atoms with Gasteiger partial charge in [-0.05, 0) is 98.1 Å². The fraction of sp³-hybridized carbons (Fsp3) is 0.107. The van der Waals surface area contributed by atoms with Crippen LogP contribution in [0, 0.1) is 20.8 Å². The summed E-state index contributed by atoms with van der Waals surface area (Å²) in [7, 11) is -7.94. The molecule has 208 valence electrons. The molecule has 4 aromatic rings. The van der Waals surface area contributed by atoms with Crippen LogP contribution in [0.4, 0.5) is 17.1 Å². The lowest BCUT2D eigenvalue weighted by Gasteiger charge is -2.14. The van der Waals surface area contributed by atoms with E-state index in [1.807, 2.05) is 19.1 Å². The first-order chi connectivity index (χ1) is 18.7. The molecule has 0 atom stereocenters. The van der Waals surface area contributed by atoms with Crippen molar-refractivity contribution >= 4 is 66.2 Å². The monoisotopic (exact) mass is 617 g/mol. The summed E-state index contributed by atoms with van der Waals surface area (Å²) < 4.78 is 56.9. The van der Waals surface area contributed by atoms with Crippen LogP contribution in [-0.4, -0.2) is 22.7 Å². The van der Waals surface area contributed by atoms with E-state index < -0.39 is 26.0 Å². The number of anilines is 3. The highest BCUT2D eigenvalue weighted by atomic mass is 35.5. The Balaban J connectivity index is 1.51. The third-order valence-corrected chi connectivity index (χ3v) is 9.26. The van der Waals surface area contributed by atoms with Gasteiger partial charge in [-0.1, -0.05) is 41.4 Å². The maximum atomic E-state index is 13.2. The van der Waals surface area contributed by atoms with Crippen LogP contribution in [-0.2, 0) is 20.0 Å². The van der Waals surface area contributed by atoms with Gasteiger partial charge in [-0.15, -0.1) is 0 Å². The second kappa shape index (κ2) is 11.5. The Kier molecular flexibility index (Phi) is 8.46. The van der Waals surface area contributed by atoms with Crippen LogP contribution in [0.5, 0.6) is 0 Å². The Morgan fingerprint density at radius 3 is 1.93 bits per heavy atom. The molecule has 0 unspecified atom stereocenters. The minimum Gasteiger partial charge on any atom is -0.322 e. The number of aryl methyl sites for hydroxylation is 3. The minimum atomic E-state index is -3.99. The number of benzene rings is 4. The number of sulfonamides is 2. The summed E-state index contributed by atoms with van der Waals surface area (Å²) in [5.74, 6) is -0.564. The minimum absolute atomic E-state index is 0.0327. The third-order valence-electron chi connectivity index (χ3n) is 5.91. The zero-order valence-corrected chi connectivity index (χ0v) is 24.8. The Morgan fingerprint density at radius 1 is 0.650 bits per heavy atom. The Hall–Kier alpha value is -3.57. The summed E-state index contributed by atoms with van der Waals surface area (Å²) >= 11 is 11.9. The van der Waals surface area contributed by atoms with Gasteiger partial charge in [0, 0.05) is 21.3 Å². The largest absolute Gasteiger partial charge is 0.322 e. The first-order valence-corrected chi connectivity index (χ1v) is 15.6. The Bertz CT molecular complexity index is 1810. The lowest BCUT2D eigenvalue weighted by atomic mass is 10.1. The van der Waals surface area contributed by atoms with Gasteiger partial charge in [0.1, 0.15) is 0 Å². The molecule has 1 amide bonds. The van der Waals surface area contributed by atoms with Gasteiger partial charge >= 0.3 is 0 Å². The van der Waals surface area contributed by atoms with Gasteiger partial charge in [0.2, 0.25) is 0 Å². The molecule has 0 bridgehead atoms. The molecule has 0 radical (unpaired) electrons. The summed E-state index contributed by atoms with van der Waals surface area (Å²) in [6, 6.07) is 19.6. The molecule has 12 heteroatoms. The molecule has 40 heavy (non-hydrogen) atoms. The number of amides is 1. The van der Waals surface area contributed by atoms with Crippen LogP contribution in [0.25, 0.3) is 0 Å². The van der Waals surface area contributed by atoms with Gasteiger partial charge in [-0.2, -0.15) is 0 Å². The summed E-state index contributed by atoms with van der Waals surface area (Å²) in [5, 5.41) is 3.21. The Labute approximate surface area is 243 Å². The highest BCUT2D eigenvalue weighted by Gasteiger charge is 2.21. The van der Waals surface area contributed by atoms with Crippen molar-refractivity contribution in [3.8, 4) is 0 Å². The average molecular weight is 619 g/mol. The van der Waals surface area contributed by atoms with Crippen molar-refractivity contribution < 1.29 is 21.6 Å². The van der Waals surface area contributed by atoms with Crippen molar-refractivity contribution in [1.82, 2.24) is 0 Å². The van der Waals surface area contributed by atoms with Crippen LogP contribution in [0.1, 0.15) is 27.0 Å². The summed E-state index contributed by atoms with van der Waals surface area (Å²) in [4.78, 5) is 12.9. The smallest absolute Gasteiger partial charge is 0.262 e. The van der Waals surface area contributed by atoms with E-state index >= 15 is 0 Å². The van der Waals surface area contributed by atoms with Crippen molar-refractivity contribution in [3.63, 3.8) is 0 Å². The standard InChI is InChI=1S/C28H25Cl2N3O5S2/c1-17-4-5-18(2)26(12-17)33-40(37,38)27-13-20(7-6-19(27)3)28(34)31-23-8-10-25(11-9-23)39(35,36)32-24-15-21(29)14-22(30)16-24/h4-16,32-33H,1-3H3,(H,31,34). The maximum Gasteiger partial charge on any atom is 0.262 e. The molecule has 0 aliphatic rings. The van der Waals surface area contributed by atoms with E-state index in [0.29, 0.717) is 16.9 Å². The predicted octanol–water partition coefficient (Wildman–Crippen LogP) is 6.77. The second-order valence-corrected chi connectivity index (χ2v) is 13.4. The van der Waals surface area contributed by atoms with Crippen LogP contribution >= 0.6 is 23.2 Å². The van der Waals surface area contributed by atoms with Crippen LogP contribution in [0.15, 0.2) is 88.7 Å². The molecule has 0 saturated carbocycles. The molecule has 0 aliphatic carbocycles. The number of carbonyl (C=O) groups excluding carboxylic acids is 1. The second-order valence-electron chi connectivity index (χ2n) is 9.15. The zero-order chi connectivity index (χ0) is 29.2. The molecule has 0 aromatic heterocycles. The Morgan fingerprint density at radius 2 is 1.27 bits per heavy atom. The van der Waals surface area contributed by atoms with Crippen LogP contribution in [0.2, 0.25) is 10.0 Å². The molecule has 0 heterocycles. The summed E-state index contributed by atoms with van der Waals surface area (Å²) in [6.07, 6.45) is 0. The molecular formula is C28H25Cl2N3O5S2. The molecular weight excluding hydrogens is 593 g/mol. The quantitative estimate of drug-likeness (QED) is 0.201. The fourth-order valence-corrected chi connectivity index (χ4v) is 6.78. The average Bonchev–Trinajstić information content (AvgIpc) is 2.85. The topological polar surface area (TPSA) is 121 Å². The summed E-state index contributed by atoms with van der Waals surface area (Å²) in [5.41, 5.74) is 3.22. The lowest BCUT2D eigenvalue weighted by Crippen LogP contribution is -2.18. The SMILES string of the molecule is Cc1ccc(C)c(NS(=O)(=O)c2cc(C(=O)Nc3ccc(S(=O)(=O)Nc4cc(Cl)cc(Cl)c4)cc3)ccc2C)c1. The number of nitrogens with one attached hydrogen (secondary N) is 3. The van der Waals surface area contributed by atoms with E-state index in [4.69, 9.17) is 23.2 Å². The van der Waals surface area contributed by atoms with Gasteiger partial charge in [-0.3, -0.25) is 14.2 Å². The van der Waals surface area contributed by atoms with E-state index in [2.05, 4.69) is 14.8 Å². The molecule has 3 N–H and O–H groups in total. The number of carbonyl (C=O) groups is 1. The molecule has 4 rings (SSSR count). The van der Waals surface area contributed by atoms with E-state index in [0.717, 1.165) is 11.1 Å². The van der Waals surface area contributed by atoms with Gasteiger partial charge in [-0.25, -0.2) is 16.8 Å². The number of hydrogen-bond acceptors (Lipinski definition) is 5. The van der Waals surface area contributed by atoms with Crippen molar-refractivity contribution in [2.75, 3.05) is 14.8 Å². The lowest BCUT2D eigenvalue weighted by molar-refractivity contribution is 0.102. The molecule has 8 nitrogen and oxygen atoms in total. The fourth-order valence-electron chi connectivity index (χ4n) is 3.82. The zero-order valence-electron chi connectivity index (χ0n) is 21.6. The highest BCUT2D eigenvalue weighted by molar-refractivity contribution is 7.93. The van der Waals surface area contributed by atoms with E-state index in [-0.39, 0.29) is 31.1 Å². The van der Waals surface area contributed by atoms with Crippen LogP contribution in [0.3, 0.4) is 0 Å². The molecule has 0 saturated heterocycles. The first kappa shape index (κ1) is 29.4. The molecule has 0 fully saturated rings. The van der Waals surface area contributed by atoms with Gasteiger partial charge in [0.15, 0.2) is 0 Å². The van der Waals surface area contributed by atoms with Crippen molar-refractivity contribution in [2.45, 2.75) is 30.6 Å². The first-order valence-electron chi connectivity index (χ1n) is 11.8. The number of hydrogen-bond donors (Lipinski definition) is 3. The van der Waals surface area contributed by atoms with Crippen molar-refractivity contribution in [3.05, 3.63) is 111 Å². The predicted molar refractivity (Wildman–Crippen MR) is 160 cm³/mol. The van der Waals surface area contributed by atoms with E-state index in [1.165, 1.54) is 54.6 Å².